The number of hydrogen-bond donors (Lipinski definition) is 1. The van der Waals surface area contributed by atoms with Crippen LogP contribution < -0.4 is 25.2 Å². The van der Waals surface area contributed by atoms with E-state index in [9.17, 15) is 9.18 Å². The number of thiocarbonyl (C=S) groups is 1. The highest BCUT2D eigenvalue weighted by Crippen LogP contribution is 2.39. The lowest BCUT2D eigenvalue weighted by atomic mass is 9.92. The third-order valence-corrected chi connectivity index (χ3v) is 7.01. The minimum absolute atomic E-state index is 0.245. The van der Waals surface area contributed by atoms with Crippen molar-refractivity contribution in [3.8, 4) is 17.2 Å². The topological polar surface area (TPSA) is 73.2 Å². The molecule has 3 aromatic carbocycles. The van der Waals surface area contributed by atoms with Crippen LogP contribution in [0, 0.1) is 12.7 Å². The number of methoxy groups -OCH3 is 2. The molecular weight excluding hydrogens is 507 g/mol. The molecule has 0 amide bonds. The molecular formula is C29H27FN2O5S. The summed E-state index contributed by atoms with van der Waals surface area (Å²) in [5.74, 6) is 1.46. The van der Waals surface area contributed by atoms with E-state index in [-0.39, 0.29) is 18.5 Å². The van der Waals surface area contributed by atoms with E-state index in [1.54, 1.807) is 32.4 Å². The molecule has 196 valence electrons. The first-order chi connectivity index (χ1) is 18.4. The Morgan fingerprint density at radius 1 is 1.11 bits per heavy atom. The first-order valence-corrected chi connectivity index (χ1v) is 12.5. The molecule has 0 saturated carbocycles. The molecule has 9 heteroatoms. The van der Waals surface area contributed by atoms with Crippen molar-refractivity contribution in [3.63, 3.8) is 0 Å². The van der Waals surface area contributed by atoms with E-state index >= 15 is 0 Å². The van der Waals surface area contributed by atoms with E-state index in [1.807, 2.05) is 36.1 Å². The fraction of sp³-hybridized carbons (Fsp3) is 0.241. The van der Waals surface area contributed by atoms with Crippen molar-refractivity contribution in [2.45, 2.75) is 19.4 Å². The number of rotatable bonds is 6. The van der Waals surface area contributed by atoms with Gasteiger partial charge < -0.3 is 28.8 Å². The third kappa shape index (κ3) is 5.15. The zero-order valence-electron chi connectivity index (χ0n) is 21.2. The molecule has 1 aliphatic rings. The van der Waals surface area contributed by atoms with E-state index < -0.39 is 5.63 Å². The summed E-state index contributed by atoms with van der Waals surface area (Å²) in [5, 5.41) is 4.45. The van der Waals surface area contributed by atoms with Gasteiger partial charge in [0.15, 0.2) is 16.6 Å². The van der Waals surface area contributed by atoms with Crippen LogP contribution in [0.5, 0.6) is 17.2 Å². The molecule has 2 heterocycles. The van der Waals surface area contributed by atoms with Crippen molar-refractivity contribution in [1.82, 2.24) is 4.90 Å². The maximum absolute atomic E-state index is 13.8. The Bertz CT molecular complexity index is 1570. The molecule has 0 unspecified atom stereocenters. The van der Waals surface area contributed by atoms with Gasteiger partial charge in [0.25, 0.3) is 0 Å². The molecule has 1 aromatic heterocycles. The molecule has 1 atom stereocenters. The maximum Gasteiger partial charge on any atom is 0.336 e. The quantitative estimate of drug-likeness (QED) is 0.252. The minimum atomic E-state index is -0.408. The second-order valence-electron chi connectivity index (χ2n) is 9.02. The molecule has 0 fully saturated rings. The van der Waals surface area contributed by atoms with Crippen LogP contribution in [0.15, 0.2) is 69.9 Å². The van der Waals surface area contributed by atoms with Gasteiger partial charge in [-0.25, -0.2) is 9.18 Å². The summed E-state index contributed by atoms with van der Waals surface area (Å²) < 4.78 is 36.5. The first-order valence-electron chi connectivity index (χ1n) is 12.1. The highest BCUT2D eigenvalue weighted by Gasteiger charge is 2.31. The average molecular weight is 535 g/mol. The van der Waals surface area contributed by atoms with Gasteiger partial charge in [0.1, 0.15) is 23.8 Å². The molecule has 4 aromatic rings. The van der Waals surface area contributed by atoms with Gasteiger partial charge in [-0.05, 0) is 84.7 Å². The predicted molar refractivity (Wildman–Crippen MR) is 148 cm³/mol. The summed E-state index contributed by atoms with van der Waals surface area (Å²) in [4.78, 5) is 13.9. The van der Waals surface area contributed by atoms with Crippen molar-refractivity contribution < 1.29 is 23.0 Å². The fourth-order valence-corrected chi connectivity index (χ4v) is 5.12. The van der Waals surface area contributed by atoms with Gasteiger partial charge in [-0.2, -0.15) is 0 Å². The van der Waals surface area contributed by atoms with Gasteiger partial charge in [-0.1, -0.05) is 6.07 Å². The van der Waals surface area contributed by atoms with Crippen molar-refractivity contribution in [2.24, 2.45) is 0 Å². The average Bonchev–Trinajstić information content (AvgIpc) is 2.90. The van der Waals surface area contributed by atoms with E-state index in [2.05, 4.69) is 5.32 Å². The standard InChI is InChI=1S/C29H27FN2O5S/c1-17-11-28(33)37-25-14-21(7-8-22(17)25)36-16-24-23-15-27(35-3)26(34-2)12-18(23)9-10-32(24)29(38)31-20-6-4-5-19(30)13-20/h4-8,11-15,24H,9-10,16H2,1-3H3,(H,31,38)/t24-/m1/s1. The lowest BCUT2D eigenvalue weighted by Gasteiger charge is -2.39. The van der Waals surface area contributed by atoms with Crippen LogP contribution in [0.4, 0.5) is 10.1 Å². The number of nitrogens with one attached hydrogen (secondary N) is 1. The van der Waals surface area contributed by atoms with E-state index in [0.29, 0.717) is 40.2 Å². The Morgan fingerprint density at radius 3 is 2.66 bits per heavy atom. The Kier molecular flexibility index (Phi) is 7.20. The van der Waals surface area contributed by atoms with E-state index in [1.165, 1.54) is 18.2 Å². The van der Waals surface area contributed by atoms with Crippen LogP contribution in [-0.2, 0) is 6.42 Å². The number of hydrogen-bond acceptors (Lipinski definition) is 6. The van der Waals surface area contributed by atoms with Gasteiger partial charge in [-0.3, -0.25) is 0 Å². The SMILES string of the molecule is COc1cc2c(cc1OC)[C@@H](COc1ccc3c(C)cc(=O)oc3c1)N(C(=S)Nc1cccc(F)c1)CC2. The highest BCUT2D eigenvalue weighted by molar-refractivity contribution is 7.80. The Morgan fingerprint density at radius 2 is 1.89 bits per heavy atom. The summed E-state index contributed by atoms with van der Waals surface area (Å²) in [5.41, 5.74) is 3.54. The number of ether oxygens (including phenoxy) is 3. The van der Waals surface area contributed by atoms with Crippen LogP contribution in [0.25, 0.3) is 11.0 Å². The van der Waals surface area contributed by atoms with Crippen molar-refractivity contribution in [3.05, 3.63) is 93.6 Å². The Balaban J connectivity index is 1.47. The molecule has 0 saturated heterocycles. The summed E-state index contributed by atoms with van der Waals surface area (Å²) in [6.45, 7) is 2.73. The zero-order valence-corrected chi connectivity index (χ0v) is 22.1. The number of benzene rings is 3. The number of nitrogens with zero attached hydrogens (tertiary/aromatic N) is 1. The molecule has 5 rings (SSSR count). The number of aryl methyl sites for hydroxylation is 1. The zero-order chi connectivity index (χ0) is 26.8. The monoisotopic (exact) mass is 534 g/mol. The molecule has 0 spiro atoms. The molecule has 38 heavy (non-hydrogen) atoms. The van der Waals surface area contributed by atoms with Crippen molar-refractivity contribution >= 4 is 34.0 Å². The Labute approximate surface area is 224 Å². The molecule has 1 N–H and O–H groups in total. The summed E-state index contributed by atoms with van der Waals surface area (Å²) >= 11 is 5.77. The first kappa shape index (κ1) is 25.5. The van der Waals surface area contributed by atoms with Crippen molar-refractivity contribution in [1.29, 1.82) is 0 Å². The normalized spacial score (nSPS) is 14.6. The second kappa shape index (κ2) is 10.7. The van der Waals surface area contributed by atoms with Gasteiger partial charge >= 0.3 is 5.63 Å². The van der Waals surface area contributed by atoms with Gasteiger partial charge in [0.2, 0.25) is 0 Å². The smallest absolute Gasteiger partial charge is 0.336 e. The van der Waals surface area contributed by atoms with Crippen LogP contribution in [0.1, 0.15) is 22.7 Å². The maximum atomic E-state index is 13.8. The summed E-state index contributed by atoms with van der Waals surface area (Å²) in [6.07, 6.45) is 0.720. The lowest BCUT2D eigenvalue weighted by Crippen LogP contribution is -2.44. The van der Waals surface area contributed by atoms with Gasteiger partial charge in [0.05, 0.1) is 20.3 Å². The molecule has 1 aliphatic heterocycles. The fourth-order valence-electron chi connectivity index (χ4n) is 4.78. The predicted octanol–water partition coefficient (Wildman–Crippen LogP) is 5.63. The van der Waals surface area contributed by atoms with E-state index in [0.717, 1.165) is 28.5 Å². The number of fused-ring (bicyclic) bond motifs is 2. The number of halogens is 1. The van der Waals surface area contributed by atoms with Crippen LogP contribution in [-0.4, -0.2) is 37.4 Å². The third-order valence-electron chi connectivity index (χ3n) is 6.67. The summed E-state index contributed by atoms with van der Waals surface area (Å²) in [7, 11) is 3.20. The van der Waals surface area contributed by atoms with Crippen LogP contribution >= 0.6 is 12.2 Å². The molecule has 7 nitrogen and oxygen atoms in total. The molecule has 0 bridgehead atoms. The summed E-state index contributed by atoms with van der Waals surface area (Å²) in [6, 6.07) is 16.7. The lowest BCUT2D eigenvalue weighted by molar-refractivity contribution is 0.190. The number of anilines is 1. The minimum Gasteiger partial charge on any atom is -0.493 e. The largest absolute Gasteiger partial charge is 0.493 e. The second-order valence-corrected chi connectivity index (χ2v) is 9.41. The van der Waals surface area contributed by atoms with Gasteiger partial charge in [0, 0.05) is 29.8 Å². The Hall–Kier alpha value is -4.11. The molecule has 0 aliphatic carbocycles. The van der Waals surface area contributed by atoms with Gasteiger partial charge in [-0.15, -0.1) is 0 Å². The highest BCUT2D eigenvalue weighted by atomic mass is 32.1. The van der Waals surface area contributed by atoms with Crippen LogP contribution in [0.2, 0.25) is 0 Å². The van der Waals surface area contributed by atoms with E-state index in [4.69, 9.17) is 30.8 Å². The molecule has 0 radical (unpaired) electrons. The van der Waals surface area contributed by atoms with Crippen molar-refractivity contribution in [2.75, 3.05) is 32.7 Å². The van der Waals surface area contributed by atoms with Crippen LogP contribution in [0.3, 0.4) is 0 Å².